The van der Waals surface area contributed by atoms with E-state index in [9.17, 15) is 0 Å². The summed E-state index contributed by atoms with van der Waals surface area (Å²) in [5.41, 5.74) is 8.12. The van der Waals surface area contributed by atoms with Crippen LogP contribution in [-0.4, -0.2) is 32.5 Å². The molecule has 0 spiro atoms. The van der Waals surface area contributed by atoms with Crippen LogP contribution in [0.3, 0.4) is 0 Å². The summed E-state index contributed by atoms with van der Waals surface area (Å²) in [4.78, 5) is 2.69. The molecule has 0 aliphatic carbocycles. The zero-order valence-electron chi connectivity index (χ0n) is 7.14. The van der Waals surface area contributed by atoms with Gasteiger partial charge in [0.2, 0.25) is 0 Å². The third-order valence-corrected chi connectivity index (χ3v) is 2.01. The molecule has 0 aromatic rings. The normalized spacial score (nSPS) is 29.4. The highest BCUT2D eigenvalue weighted by atomic mass is 16.5. The van der Waals surface area contributed by atoms with Crippen LogP contribution in [0.2, 0.25) is 0 Å². The van der Waals surface area contributed by atoms with Crippen LogP contribution in [0, 0.1) is 0 Å². The van der Waals surface area contributed by atoms with Crippen molar-refractivity contribution in [2.75, 3.05) is 20.3 Å². The maximum atomic E-state index is 8.12. The van der Waals surface area contributed by atoms with E-state index in [0.29, 0.717) is 6.54 Å². The number of ether oxygens (including phenoxy) is 2. The summed E-state index contributed by atoms with van der Waals surface area (Å²) >= 11 is 0. The van der Waals surface area contributed by atoms with Crippen molar-refractivity contribution >= 4 is 0 Å². The van der Waals surface area contributed by atoms with Crippen molar-refractivity contribution in [3.05, 3.63) is 10.4 Å². The van der Waals surface area contributed by atoms with Gasteiger partial charge in [0.25, 0.3) is 0 Å². The highest BCUT2D eigenvalue weighted by Gasteiger charge is 2.24. The number of azide groups is 1. The lowest BCUT2D eigenvalue weighted by Gasteiger charge is -2.29. The molecule has 0 saturated carbocycles. The Balaban J connectivity index is 2.40. The lowest BCUT2D eigenvalue weighted by molar-refractivity contribution is -0.0853. The quantitative estimate of drug-likeness (QED) is 0.366. The Morgan fingerprint density at radius 2 is 2.58 bits per heavy atom. The van der Waals surface area contributed by atoms with Crippen LogP contribution in [0.5, 0.6) is 0 Å². The first-order valence-electron chi connectivity index (χ1n) is 4.03. The Kier molecular flexibility index (Phi) is 3.87. The van der Waals surface area contributed by atoms with Crippen LogP contribution in [0.15, 0.2) is 5.11 Å². The lowest BCUT2D eigenvalue weighted by atomic mass is 10.1. The van der Waals surface area contributed by atoms with E-state index >= 15 is 0 Å². The predicted octanol–water partition coefficient (Wildman–Crippen LogP) is 1.49. The highest BCUT2D eigenvalue weighted by Crippen LogP contribution is 2.16. The van der Waals surface area contributed by atoms with Gasteiger partial charge in [-0.05, 0) is 18.4 Å². The van der Waals surface area contributed by atoms with E-state index in [2.05, 4.69) is 10.0 Å². The summed E-state index contributed by atoms with van der Waals surface area (Å²) in [6.45, 7) is 1.11. The zero-order chi connectivity index (χ0) is 8.81. The molecule has 1 fully saturated rings. The van der Waals surface area contributed by atoms with Crippen molar-refractivity contribution in [2.24, 2.45) is 5.11 Å². The fourth-order valence-corrected chi connectivity index (χ4v) is 1.37. The topological polar surface area (TPSA) is 67.2 Å². The molecular formula is C7H13N3O2. The second-order valence-electron chi connectivity index (χ2n) is 2.74. The summed E-state index contributed by atoms with van der Waals surface area (Å²) in [5.74, 6) is 0. The van der Waals surface area contributed by atoms with Crippen molar-refractivity contribution in [1.29, 1.82) is 0 Å². The van der Waals surface area contributed by atoms with Gasteiger partial charge in [0.05, 0.1) is 18.8 Å². The van der Waals surface area contributed by atoms with Crippen LogP contribution in [-0.2, 0) is 9.47 Å². The van der Waals surface area contributed by atoms with Crippen molar-refractivity contribution in [3.63, 3.8) is 0 Å². The molecule has 2 unspecified atom stereocenters. The maximum absolute atomic E-state index is 8.12. The third-order valence-electron chi connectivity index (χ3n) is 2.01. The number of rotatable bonds is 3. The Morgan fingerprint density at radius 3 is 3.25 bits per heavy atom. The first-order valence-corrected chi connectivity index (χ1v) is 4.03. The minimum atomic E-state index is -0.0559. The van der Waals surface area contributed by atoms with Crippen LogP contribution in [0.4, 0.5) is 0 Å². The van der Waals surface area contributed by atoms with E-state index < -0.39 is 0 Å². The second kappa shape index (κ2) is 4.98. The molecule has 5 heteroatoms. The maximum Gasteiger partial charge on any atom is 0.0892 e. The zero-order valence-corrected chi connectivity index (χ0v) is 7.14. The van der Waals surface area contributed by atoms with Gasteiger partial charge in [-0.2, -0.15) is 0 Å². The first-order chi connectivity index (χ1) is 5.88. The van der Waals surface area contributed by atoms with Gasteiger partial charge >= 0.3 is 0 Å². The van der Waals surface area contributed by atoms with Gasteiger partial charge in [0.15, 0.2) is 0 Å². The van der Waals surface area contributed by atoms with Gasteiger partial charge in [0.1, 0.15) is 0 Å². The van der Waals surface area contributed by atoms with E-state index in [1.807, 2.05) is 0 Å². The number of methoxy groups -OCH3 is 1. The van der Waals surface area contributed by atoms with Crippen molar-refractivity contribution in [2.45, 2.75) is 25.0 Å². The molecule has 1 rings (SSSR count). The summed E-state index contributed by atoms with van der Waals surface area (Å²) < 4.78 is 10.6. The SMILES string of the molecule is COC1CCCOC1CN=[N+]=[N-]. The summed E-state index contributed by atoms with van der Waals surface area (Å²) in [7, 11) is 1.66. The molecule has 12 heavy (non-hydrogen) atoms. The number of hydrogen-bond acceptors (Lipinski definition) is 3. The molecule has 0 N–H and O–H groups in total. The molecule has 0 bridgehead atoms. The van der Waals surface area contributed by atoms with Gasteiger partial charge in [-0.25, -0.2) is 0 Å². The molecule has 0 radical (unpaired) electrons. The standard InChI is InChI=1S/C7H13N3O2/c1-11-6-3-2-4-12-7(6)5-9-10-8/h6-7H,2-5H2,1H3. The van der Waals surface area contributed by atoms with Gasteiger partial charge in [-0.15, -0.1) is 0 Å². The van der Waals surface area contributed by atoms with E-state index in [1.165, 1.54) is 0 Å². The monoisotopic (exact) mass is 171 g/mol. The molecule has 68 valence electrons. The van der Waals surface area contributed by atoms with E-state index in [0.717, 1.165) is 19.4 Å². The fourth-order valence-electron chi connectivity index (χ4n) is 1.37. The minimum absolute atomic E-state index is 0.0559. The highest BCUT2D eigenvalue weighted by molar-refractivity contribution is 4.76. The van der Waals surface area contributed by atoms with Gasteiger partial charge in [-0.1, -0.05) is 5.11 Å². The van der Waals surface area contributed by atoms with Crippen LogP contribution < -0.4 is 0 Å². The van der Waals surface area contributed by atoms with E-state index in [-0.39, 0.29) is 12.2 Å². The summed E-state index contributed by atoms with van der Waals surface area (Å²) in [6, 6.07) is 0. The third kappa shape index (κ3) is 2.37. The molecule has 1 aliphatic heterocycles. The van der Waals surface area contributed by atoms with E-state index in [1.54, 1.807) is 7.11 Å². The smallest absolute Gasteiger partial charge is 0.0892 e. The molecule has 2 atom stereocenters. The first kappa shape index (κ1) is 9.32. The summed E-state index contributed by atoms with van der Waals surface area (Å²) in [5, 5.41) is 3.47. The largest absolute Gasteiger partial charge is 0.379 e. The summed E-state index contributed by atoms with van der Waals surface area (Å²) in [6.07, 6.45) is 2.04. The van der Waals surface area contributed by atoms with Gasteiger partial charge in [0, 0.05) is 18.6 Å². The van der Waals surface area contributed by atoms with Crippen molar-refractivity contribution < 1.29 is 9.47 Å². The Hall–Kier alpha value is -0.770. The molecule has 1 heterocycles. The average molecular weight is 171 g/mol. The fraction of sp³-hybridized carbons (Fsp3) is 1.00. The second-order valence-corrected chi connectivity index (χ2v) is 2.74. The van der Waals surface area contributed by atoms with Crippen LogP contribution >= 0.6 is 0 Å². The molecule has 1 aliphatic rings. The Bertz CT molecular complexity index is 179. The molecular weight excluding hydrogens is 158 g/mol. The Morgan fingerprint density at radius 1 is 1.75 bits per heavy atom. The number of nitrogens with zero attached hydrogens (tertiary/aromatic N) is 3. The molecule has 0 aromatic carbocycles. The minimum Gasteiger partial charge on any atom is -0.379 e. The predicted molar refractivity (Wildman–Crippen MR) is 43.8 cm³/mol. The van der Waals surface area contributed by atoms with Gasteiger partial charge in [-0.3, -0.25) is 0 Å². The van der Waals surface area contributed by atoms with E-state index in [4.69, 9.17) is 15.0 Å². The lowest BCUT2D eigenvalue weighted by Crippen LogP contribution is -2.37. The molecule has 1 saturated heterocycles. The Labute approximate surface area is 71.3 Å². The molecule has 5 nitrogen and oxygen atoms in total. The number of hydrogen-bond donors (Lipinski definition) is 0. The molecule has 0 aromatic heterocycles. The van der Waals surface area contributed by atoms with Crippen molar-refractivity contribution in [3.8, 4) is 0 Å². The van der Waals surface area contributed by atoms with Crippen molar-refractivity contribution in [1.82, 2.24) is 0 Å². The van der Waals surface area contributed by atoms with Gasteiger partial charge < -0.3 is 9.47 Å². The average Bonchev–Trinajstić information content (AvgIpc) is 2.15. The van der Waals surface area contributed by atoms with Crippen LogP contribution in [0.1, 0.15) is 12.8 Å². The van der Waals surface area contributed by atoms with Crippen LogP contribution in [0.25, 0.3) is 10.4 Å². The molecule has 0 amide bonds.